The van der Waals surface area contributed by atoms with E-state index in [0.29, 0.717) is 35.9 Å². The zero-order valence-corrected chi connectivity index (χ0v) is 14.5. The van der Waals surface area contributed by atoms with E-state index in [9.17, 15) is 4.79 Å². The first kappa shape index (κ1) is 16.8. The van der Waals surface area contributed by atoms with Gasteiger partial charge in [-0.1, -0.05) is 11.6 Å². The lowest BCUT2D eigenvalue weighted by atomic mass is 10.1. The number of methoxy groups -OCH3 is 1. The van der Waals surface area contributed by atoms with Crippen LogP contribution < -0.4 is 10.1 Å². The number of ether oxygens (including phenoxy) is 2. The van der Waals surface area contributed by atoms with Gasteiger partial charge >= 0.3 is 0 Å². The molecule has 1 aromatic carbocycles. The number of benzene rings is 1. The van der Waals surface area contributed by atoms with Crippen LogP contribution in [0.2, 0.25) is 5.02 Å². The van der Waals surface area contributed by atoms with E-state index in [4.69, 9.17) is 21.1 Å². The molecule has 1 aliphatic heterocycles. The highest BCUT2D eigenvalue weighted by Crippen LogP contribution is 2.23. The molecule has 1 N–H and O–H groups in total. The Bertz CT molecular complexity index is 758. The second kappa shape index (κ2) is 7.23. The summed E-state index contributed by atoms with van der Waals surface area (Å²) in [6, 6.07) is 4.98. The number of aromatic nitrogens is 2. The predicted octanol–water partition coefficient (Wildman–Crippen LogP) is 2.13. The fourth-order valence-electron chi connectivity index (χ4n) is 2.93. The number of carbonyl (C=O) groups excluding carboxylic acids is 1. The molecule has 0 unspecified atom stereocenters. The molecule has 2 heterocycles. The quantitative estimate of drug-likeness (QED) is 0.898. The highest BCUT2D eigenvalue weighted by Gasteiger charge is 2.20. The largest absolute Gasteiger partial charge is 0.496 e. The van der Waals surface area contributed by atoms with Crippen LogP contribution in [-0.4, -0.2) is 35.9 Å². The van der Waals surface area contributed by atoms with Crippen molar-refractivity contribution >= 4 is 17.5 Å². The summed E-state index contributed by atoms with van der Waals surface area (Å²) in [6.45, 7) is 1.81. The third-order valence-corrected chi connectivity index (χ3v) is 4.38. The minimum atomic E-state index is -0.213. The molecule has 24 heavy (non-hydrogen) atoms. The fraction of sp³-hybridized carbons (Fsp3) is 0.412. The van der Waals surface area contributed by atoms with Crippen LogP contribution in [-0.2, 0) is 31.2 Å². The standard InChI is InChI=1S/C17H20ClN3O3/c1-21-15-6-8-24-10-13(15)14(20-21)5-7-19-17(22)12-9-11(18)3-4-16(12)23-2/h3-4,9H,5-8,10H2,1-2H3,(H,19,22). The molecule has 3 rings (SSSR count). The van der Waals surface area contributed by atoms with Gasteiger partial charge in [0, 0.05) is 42.7 Å². The topological polar surface area (TPSA) is 65.4 Å². The van der Waals surface area contributed by atoms with E-state index in [2.05, 4.69) is 10.4 Å². The molecule has 6 nitrogen and oxygen atoms in total. The minimum absolute atomic E-state index is 0.213. The van der Waals surface area contributed by atoms with E-state index in [0.717, 1.165) is 24.3 Å². The summed E-state index contributed by atoms with van der Waals surface area (Å²) in [5, 5.41) is 7.94. The highest BCUT2D eigenvalue weighted by molar-refractivity contribution is 6.31. The number of halogens is 1. The molecule has 7 heteroatoms. The van der Waals surface area contributed by atoms with Crippen LogP contribution in [0.15, 0.2) is 18.2 Å². The minimum Gasteiger partial charge on any atom is -0.496 e. The van der Waals surface area contributed by atoms with Crippen LogP contribution in [0, 0.1) is 0 Å². The van der Waals surface area contributed by atoms with E-state index in [1.807, 2.05) is 11.7 Å². The van der Waals surface area contributed by atoms with Crippen molar-refractivity contribution in [2.24, 2.45) is 7.05 Å². The van der Waals surface area contributed by atoms with Crippen molar-refractivity contribution in [1.29, 1.82) is 0 Å². The number of hydrogen-bond acceptors (Lipinski definition) is 4. The number of fused-ring (bicyclic) bond motifs is 1. The van der Waals surface area contributed by atoms with Crippen LogP contribution in [0.5, 0.6) is 5.75 Å². The Morgan fingerprint density at radius 2 is 2.33 bits per heavy atom. The van der Waals surface area contributed by atoms with Gasteiger partial charge in [-0.25, -0.2) is 0 Å². The Balaban J connectivity index is 1.65. The van der Waals surface area contributed by atoms with Gasteiger partial charge in [0.25, 0.3) is 5.91 Å². The van der Waals surface area contributed by atoms with Gasteiger partial charge < -0.3 is 14.8 Å². The lowest BCUT2D eigenvalue weighted by Crippen LogP contribution is -2.26. The predicted molar refractivity (Wildman–Crippen MR) is 90.6 cm³/mol. The zero-order chi connectivity index (χ0) is 17.1. The SMILES string of the molecule is COc1ccc(Cl)cc1C(=O)NCCc1nn(C)c2c1COCC2. The summed E-state index contributed by atoms with van der Waals surface area (Å²) < 4.78 is 12.6. The Morgan fingerprint density at radius 3 is 3.12 bits per heavy atom. The number of amides is 1. The first-order chi connectivity index (χ1) is 11.6. The molecule has 0 fully saturated rings. The molecule has 0 atom stereocenters. The number of rotatable bonds is 5. The van der Waals surface area contributed by atoms with Crippen molar-refractivity contribution in [2.75, 3.05) is 20.3 Å². The number of nitrogens with one attached hydrogen (secondary N) is 1. The molecule has 0 saturated carbocycles. The van der Waals surface area contributed by atoms with Gasteiger partial charge in [0.1, 0.15) is 5.75 Å². The van der Waals surface area contributed by atoms with Crippen molar-refractivity contribution in [1.82, 2.24) is 15.1 Å². The number of carbonyl (C=O) groups is 1. The smallest absolute Gasteiger partial charge is 0.255 e. The molecule has 0 aliphatic carbocycles. The maximum absolute atomic E-state index is 12.4. The van der Waals surface area contributed by atoms with Crippen molar-refractivity contribution in [3.8, 4) is 5.75 Å². The third-order valence-electron chi connectivity index (χ3n) is 4.14. The zero-order valence-electron chi connectivity index (χ0n) is 13.8. The monoisotopic (exact) mass is 349 g/mol. The maximum atomic E-state index is 12.4. The Kier molecular flexibility index (Phi) is 5.06. The molecule has 1 amide bonds. The molecular weight excluding hydrogens is 330 g/mol. The van der Waals surface area contributed by atoms with E-state index in [1.54, 1.807) is 18.2 Å². The lowest BCUT2D eigenvalue weighted by Gasteiger charge is -2.14. The third kappa shape index (κ3) is 3.39. The number of aryl methyl sites for hydroxylation is 1. The molecule has 1 aliphatic rings. The molecule has 2 aromatic rings. The van der Waals surface area contributed by atoms with Gasteiger partial charge in [-0.2, -0.15) is 5.10 Å². The summed E-state index contributed by atoms with van der Waals surface area (Å²) in [4.78, 5) is 12.4. The maximum Gasteiger partial charge on any atom is 0.255 e. The Labute approximate surface area is 145 Å². The number of hydrogen-bond donors (Lipinski definition) is 1. The van der Waals surface area contributed by atoms with E-state index < -0.39 is 0 Å². The summed E-state index contributed by atoms with van der Waals surface area (Å²) in [7, 11) is 3.48. The van der Waals surface area contributed by atoms with Gasteiger partial charge in [-0.05, 0) is 18.2 Å². The first-order valence-electron chi connectivity index (χ1n) is 7.83. The van der Waals surface area contributed by atoms with Crippen LogP contribution in [0.1, 0.15) is 27.3 Å². The van der Waals surface area contributed by atoms with Gasteiger partial charge in [0.05, 0.1) is 31.6 Å². The van der Waals surface area contributed by atoms with Crippen molar-refractivity contribution in [3.05, 3.63) is 45.7 Å². The second-order valence-corrected chi connectivity index (χ2v) is 6.09. The number of nitrogens with zero attached hydrogens (tertiary/aromatic N) is 2. The summed E-state index contributed by atoms with van der Waals surface area (Å²) in [5.41, 5.74) is 3.78. The van der Waals surface area contributed by atoms with E-state index in [-0.39, 0.29) is 5.91 Å². The summed E-state index contributed by atoms with van der Waals surface area (Å²) >= 11 is 5.97. The van der Waals surface area contributed by atoms with Crippen molar-refractivity contribution in [3.63, 3.8) is 0 Å². The molecule has 0 saturated heterocycles. The van der Waals surface area contributed by atoms with Gasteiger partial charge in [0.2, 0.25) is 0 Å². The average molecular weight is 350 g/mol. The average Bonchev–Trinajstić information content (AvgIpc) is 2.91. The van der Waals surface area contributed by atoms with Crippen molar-refractivity contribution in [2.45, 2.75) is 19.4 Å². The Hall–Kier alpha value is -2.05. The highest BCUT2D eigenvalue weighted by atomic mass is 35.5. The van der Waals surface area contributed by atoms with Gasteiger partial charge in [0.15, 0.2) is 0 Å². The second-order valence-electron chi connectivity index (χ2n) is 5.65. The molecule has 0 bridgehead atoms. The lowest BCUT2D eigenvalue weighted by molar-refractivity contribution is 0.0951. The van der Waals surface area contributed by atoms with Crippen LogP contribution in [0.25, 0.3) is 0 Å². The Morgan fingerprint density at radius 1 is 1.50 bits per heavy atom. The summed E-state index contributed by atoms with van der Waals surface area (Å²) in [5.74, 6) is 0.288. The van der Waals surface area contributed by atoms with Gasteiger partial charge in [-0.15, -0.1) is 0 Å². The van der Waals surface area contributed by atoms with Gasteiger partial charge in [-0.3, -0.25) is 9.48 Å². The molecule has 128 valence electrons. The van der Waals surface area contributed by atoms with E-state index in [1.165, 1.54) is 12.8 Å². The molecule has 0 radical (unpaired) electrons. The molecular formula is C17H20ClN3O3. The van der Waals surface area contributed by atoms with E-state index >= 15 is 0 Å². The fourth-order valence-corrected chi connectivity index (χ4v) is 3.11. The van der Waals surface area contributed by atoms with Crippen LogP contribution >= 0.6 is 11.6 Å². The first-order valence-corrected chi connectivity index (χ1v) is 8.21. The molecule has 0 spiro atoms. The molecule has 1 aromatic heterocycles. The van der Waals surface area contributed by atoms with Crippen molar-refractivity contribution < 1.29 is 14.3 Å². The summed E-state index contributed by atoms with van der Waals surface area (Å²) in [6.07, 6.45) is 1.53. The van der Waals surface area contributed by atoms with Crippen LogP contribution in [0.3, 0.4) is 0 Å². The van der Waals surface area contributed by atoms with Crippen LogP contribution in [0.4, 0.5) is 0 Å². The normalized spacial score (nSPS) is 13.5.